The Morgan fingerprint density at radius 1 is 0.941 bits per heavy atom. The fourth-order valence-corrected chi connectivity index (χ4v) is 3.57. The minimum absolute atomic E-state index is 0.0162. The average Bonchev–Trinajstić information content (AvgIpc) is 2.86. The van der Waals surface area contributed by atoms with Crippen molar-refractivity contribution in [3.8, 4) is 0 Å². The van der Waals surface area contributed by atoms with E-state index in [0.717, 1.165) is 10.5 Å². The Morgan fingerprint density at radius 2 is 1.56 bits per heavy atom. The summed E-state index contributed by atoms with van der Waals surface area (Å²) in [6.07, 6.45) is -0.520. The highest BCUT2D eigenvalue weighted by atomic mass is 16.6. The molecule has 1 heterocycles. The second kappa shape index (κ2) is 11.9. The van der Waals surface area contributed by atoms with Gasteiger partial charge in [0.05, 0.1) is 6.61 Å². The van der Waals surface area contributed by atoms with E-state index in [-0.39, 0.29) is 39.1 Å². The smallest absolute Gasteiger partial charge is 0.345 e. The van der Waals surface area contributed by atoms with Crippen molar-refractivity contribution in [1.82, 2.24) is 15.7 Å². The first-order valence-electron chi connectivity index (χ1n) is 10.8. The maximum absolute atomic E-state index is 12.9. The van der Waals surface area contributed by atoms with Crippen LogP contribution in [0.5, 0.6) is 0 Å². The summed E-state index contributed by atoms with van der Waals surface area (Å²) in [5.41, 5.74) is 1.59. The zero-order valence-electron chi connectivity index (χ0n) is 18.6. The van der Waals surface area contributed by atoms with Crippen molar-refractivity contribution >= 4 is 23.8 Å². The summed E-state index contributed by atoms with van der Waals surface area (Å²) in [6.45, 7) is 0.0243. The Bertz CT molecular complexity index is 1000. The fourth-order valence-electron chi connectivity index (χ4n) is 3.57. The molecule has 3 N–H and O–H groups in total. The number of carboxylic acids is 1. The molecule has 34 heavy (non-hydrogen) atoms. The summed E-state index contributed by atoms with van der Waals surface area (Å²) in [7, 11) is 0. The van der Waals surface area contributed by atoms with E-state index in [9.17, 15) is 24.3 Å². The SMILES string of the molecule is O=C(CCC(=O)N1CCNCC1(C(=O)O)C(=O)OCc1ccccc1)NOCc1ccccc1. The molecule has 0 spiro atoms. The third kappa shape index (κ3) is 6.18. The number of carbonyl (C=O) groups excluding carboxylic acids is 3. The first-order chi connectivity index (χ1) is 16.4. The largest absolute Gasteiger partial charge is 0.479 e. The summed E-state index contributed by atoms with van der Waals surface area (Å²) < 4.78 is 5.28. The predicted molar refractivity (Wildman–Crippen MR) is 120 cm³/mol. The van der Waals surface area contributed by atoms with Crippen LogP contribution in [0.15, 0.2) is 60.7 Å². The highest BCUT2D eigenvalue weighted by molar-refractivity contribution is 6.07. The van der Waals surface area contributed by atoms with E-state index >= 15 is 0 Å². The van der Waals surface area contributed by atoms with Gasteiger partial charge in [-0.05, 0) is 11.1 Å². The molecule has 1 fully saturated rings. The second-order valence-corrected chi connectivity index (χ2v) is 7.75. The quantitative estimate of drug-likeness (QED) is 0.267. The number of nitrogens with zero attached hydrogens (tertiary/aromatic N) is 1. The van der Waals surface area contributed by atoms with Gasteiger partial charge in [0.1, 0.15) is 6.61 Å². The molecule has 1 aliphatic heterocycles. The summed E-state index contributed by atoms with van der Waals surface area (Å²) >= 11 is 0. The van der Waals surface area contributed by atoms with Crippen LogP contribution in [0, 0.1) is 0 Å². The van der Waals surface area contributed by atoms with Gasteiger partial charge in [-0.15, -0.1) is 0 Å². The van der Waals surface area contributed by atoms with Gasteiger partial charge in [-0.25, -0.2) is 15.1 Å². The first kappa shape index (κ1) is 24.9. The Hall–Kier alpha value is -3.76. The third-order valence-electron chi connectivity index (χ3n) is 5.39. The summed E-state index contributed by atoms with van der Waals surface area (Å²) in [5, 5.41) is 12.8. The Labute approximate surface area is 196 Å². The molecule has 10 heteroatoms. The molecule has 0 saturated carbocycles. The monoisotopic (exact) mass is 469 g/mol. The molecule has 0 radical (unpaired) electrons. The molecule has 1 atom stereocenters. The standard InChI is InChI=1S/C24H27N3O7/c28-20(26-34-16-19-9-5-2-6-10-19)11-12-21(29)27-14-13-25-17-24(27,22(30)31)23(32)33-15-18-7-3-1-4-8-18/h1-10,25H,11-17H2,(H,26,28)(H,30,31). The molecule has 1 saturated heterocycles. The average molecular weight is 469 g/mol. The topological polar surface area (TPSA) is 134 Å². The molecule has 180 valence electrons. The molecular formula is C24H27N3O7. The molecular weight excluding hydrogens is 442 g/mol. The van der Waals surface area contributed by atoms with Gasteiger partial charge in [-0.1, -0.05) is 60.7 Å². The lowest BCUT2D eigenvalue weighted by molar-refractivity contribution is -0.179. The molecule has 0 bridgehead atoms. The molecule has 3 rings (SSSR count). The predicted octanol–water partition coefficient (Wildman–Crippen LogP) is 1.01. The van der Waals surface area contributed by atoms with Crippen LogP contribution in [0.1, 0.15) is 24.0 Å². The van der Waals surface area contributed by atoms with Crippen LogP contribution in [0.25, 0.3) is 0 Å². The number of hydrogen-bond acceptors (Lipinski definition) is 7. The normalized spacial score (nSPS) is 17.6. The van der Waals surface area contributed by atoms with Crippen molar-refractivity contribution in [2.45, 2.75) is 31.6 Å². The van der Waals surface area contributed by atoms with Gasteiger partial charge < -0.3 is 20.1 Å². The number of ether oxygens (including phenoxy) is 1. The number of amides is 2. The van der Waals surface area contributed by atoms with Crippen LogP contribution in [0.3, 0.4) is 0 Å². The van der Waals surface area contributed by atoms with Gasteiger partial charge in [0.25, 0.3) is 5.54 Å². The number of nitrogens with one attached hydrogen (secondary N) is 2. The van der Waals surface area contributed by atoms with Gasteiger partial charge in [-0.3, -0.25) is 14.4 Å². The van der Waals surface area contributed by atoms with E-state index in [1.165, 1.54) is 0 Å². The van der Waals surface area contributed by atoms with Crippen molar-refractivity contribution in [3.05, 3.63) is 71.8 Å². The molecule has 1 unspecified atom stereocenters. The molecule has 2 aromatic rings. The van der Waals surface area contributed by atoms with E-state index in [1.807, 2.05) is 30.3 Å². The fraction of sp³-hybridized carbons (Fsp3) is 0.333. The van der Waals surface area contributed by atoms with Crippen LogP contribution in [0.4, 0.5) is 0 Å². The van der Waals surface area contributed by atoms with E-state index in [1.54, 1.807) is 30.3 Å². The lowest BCUT2D eigenvalue weighted by Crippen LogP contribution is -2.71. The summed E-state index contributed by atoms with van der Waals surface area (Å²) in [5.74, 6) is -3.72. The van der Waals surface area contributed by atoms with Crippen LogP contribution < -0.4 is 10.8 Å². The van der Waals surface area contributed by atoms with Crippen molar-refractivity contribution in [2.75, 3.05) is 19.6 Å². The molecule has 10 nitrogen and oxygen atoms in total. The van der Waals surface area contributed by atoms with E-state index in [4.69, 9.17) is 9.57 Å². The van der Waals surface area contributed by atoms with Crippen LogP contribution in [-0.4, -0.2) is 58.9 Å². The Kier molecular flexibility index (Phi) is 8.72. The maximum Gasteiger partial charge on any atom is 0.345 e. The van der Waals surface area contributed by atoms with E-state index < -0.39 is 29.3 Å². The molecule has 1 aliphatic rings. The molecule has 0 aliphatic carbocycles. The zero-order valence-corrected chi connectivity index (χ0v) is 18.6. The Balaban J connectivity index is 1.58. The van der Waals surface area contributed by atoms with Crippen molar-refractivity contribution in [1.29, 1.82) is 0 Å². The minimum Gasteiger partial charge on any atom is -0.479 e. The van der Waals surface area contributed by atoms with Gasteiger partial charge in [0.2, 0.25) is 11.8 Å². The molecule has 0 aromatic heterocycles. The lowest BCUT2D eigenvalue weighted by atomic mass is 9.94. The number of aliphatic carboxylic acids is 1. The van der Waals surface area contributed by atoms with Gasteiger partial charge in [0.15, 0.2) is 0 Å². The Morgan fingerprint density at radius 3 is 2.18 bits per heavy atom. The molecule has 2 amide bonds. The minimum atomic E-state index is -2.22. The lowest BCUT2D eigenvalue weighted by Gasteiger charge is -2.42. The van der Waals surface area contributed by atoms with Gasteiger partial charge in [0, 0.05) is 32.5 Å². The van der Waals surface area contributed by atoms with E-state index in [0.29, 0.717) is 12.1 Å². The number of hydrogen-bond donors (Lipinski definition) is 3. The van der Waals surface area contributed by atoms with Gasteiger partial charge in [-0.2, -0.15) is 0 Å². The summed E-state index contributed by atoms with van der Waals surface area (Å²) in [6, 6.07) is 18.0. The molecule has 2 aromatic carbocycles. The number of esters is 1. The number of hydroxylamine groups is 1. The number of rotatable bonds is 10. The number of piperazine rings is 1. The van der Waals surface area contributed by atoms with E-state index in [2.05, 4.69) is 10.8 Å². The highest BCUT2D eigenvalue weighted by Gasteiger charge is 2.56. The maximum atomic E-state index is 12.9. The van der Waals surface area contributed by atoms with Crippen LogP contribution >= 0.6 is 0 Å². The van der Waals surface area contributed by atoms with Crippen molar-refractivity contribution in [3.63, 3.8) is 0 Å². The van der Waals surface area contributed by atoms with Crippen LogP contribution in [0.2, 0.25) is 0 Å². The zero-order chi connectivity index (χ0) is 24.4. The second-order valence-electron chi connectivity index (χ2n) is 7.75. The van der Waals surface area contributed by atoms with Crippen molar-refractivity contribution in [2.24, 2.45) is 0 Å². The van der Waals surface area contributed by atoms with Crippen molar-refractivity contribution < 1.29 is 33.9 Å². The number of benzene rings is 2. The number of carbonyl (C=O) groups is 4. The highest BCUT2D eigenvalue weighted by Crippen LogP contribution is 2.23. The van der Waals surface area contributed by atoms with Crippen LogP contribution in [-0.2, 0) is 42.0 Å². The third-order valence-corrected chi connectivity index (χ3v) is 5.39. The number of carboxylic acid groups (broad SMARTS) is 1. The summed E-state index contributed by atoms with van der Waals surface area (Å²) in [4.78, 5) is 56.3. The van der Waals surface area contributed by atoms with Gasteiger partial charge >= 0.3 is 11.9 Å². The first-order valence-corrected chi connectivity index (χ1v) is 10.8.